The van der Waals surface area contributed by atoms with Gasteiger partial charge in [0.15, 0.2) is 8.32 Å². The minimum Gasteiger partial charge on any atom is -0.416 e. The Kier molecular flexibility index (Phi) is 9.28. The summed E-state index contributed by atoms with van der Waals surface area (Å²) in [6.45, 7) is 16.7. The predicted molar refractivity (Wildman–Crippen MR) is 98.0 cm³/mol. The van der Waals surface area contributed by atoms with Crippen molar-refractivity contribution in [2.24, 2.45) is 5.92 Å². The van der Waals surface area contributed by atoms with Gasteiger partial charge in [0.1, 0.15) is 0 Å². The van der Waals surface area contributed by atoms with Crippen molar-refractivity contribution in [3.8, 4) is 0 Å². The van der Waals surface area contributed by atoms with Crippen molar-refractivity contribution in [2.75, 3.05) is 6.61 Å². The molecule has 0 aliphatic heterocycles. The van der Waals surface area contributed by atoms with E-state index in [1.54, 1.807) is 0 Å². The van der Waals surface area contributed by atoms with Crippen LogP contribution in [0.5, 0.6) is 0 Å². The highest BCUT2D eigenvalue weighted by Gasteiger charge is 2.37. The Morgan fingerprint density at radius 3 is 2.40 bits per heavy atom. The van der Waals surface area contributed by atoms with Gasteiger partial charge in [0.25, 0.3) is 0 Å². The van der Waals surface area contributed by atoms with Gasteiger partial charge in [0.05, 0.1) is 0 Å². The Morgan fingerprint density at radius 2 is 1.90 bits per heavy atom. The van der Waals surface area contributed by atoms with Crippen LogP contribution in [0.2, 0.25) is 18.1 Å². The van der Waals surface area contributed by atoms with Gasteiger partial charge < -0.3 is 4.43 Å². The molecule has 118 valence electrons. The van der Waals surface area contributed by atoms with E-state index in [9.17, 15) is 0 Å². The SMILES string of the molecule is CCCC/C=C\C(Br)=C\[C@@H](C)CO[Si](C)(C)C(C)(C)C. The second-order valence-electron chi connectivity index (χ2n) is 7.14. The lowest BCUT2D eigenvalue weighted by molar-refractivity contribution is 0.259. The maximum absolute atomic E-state index is 6.25. The summed E-state index contributed by atoms with van der Waals surface area (Å²) in [5, 5.41) is 0.285. The number of rotatable bonds is 8. The Balaban J connectivity index is 4.28. The molecule has 0 rings (SSSR count). The largest absolute Gasteiger partial charge is 0.416 e. The first-order valence-electron chi connectivity index (χ1n) is 7.78. The zero-order chi connectivity index (χ0) is 15.8. The number of hydrogen-bond acceptors (Lipinski definition) is 1. The molecule has 0 aromatic carbocycles. The second kappa shape index (κ2) is 9.21. The van der Waals surface area contributed by atoms with Crippen molar-refractivity contribution in [3.05, 3.63) is 22.7 Å². The monoisotopic (exact) mass is 360 g/mol. The molecular formula is C17H33BrOSi. The van der Waals surface area contributed by atoms with Crippen LogP contribution in [0, 0.1) is 5.92 Å². The first kappa shape index (κ1) is 20.1. The molecule has 0 N–H and O–H groups in total. The minimum absolute atomic E-state index is 0.285. The van der Waals surface area contributed by atoms with Crippen molar-refractivity contribution in [2.45, 2.75) is 72.0 Å². The molecule has 3 heteroatoms. The molecule has 1 atom stereocenters. The van der Waals surface area contributed by atoms with Gasteiger partial charge in [-0.15, -0.1) is 0 Å². The van der Waals surface area contributed by atoms with Crippen molar-refractivity contribution in [3.63, 3.8) is 0 Å². The van der Waals surface area contributed by atoms with Crippen LogP contribution in [0.4, 0.5) is 0 Å². The van der Waals surface area contributed by atoms with Crippen LogP contribution in [0.1, 0.15) is 53.9 Å². The van der Waals surface area contributed by atoms with Gasteiger partial charge in [0.2, 0.25) is 0 Å². The summed E-state index contributed by atoms with van der Waals surface area (Å²) in [5.41, 5.74) is 0. The summed E-state index contributed by atoms with van der Waals surface area (Å²) in [6.07, 6.45) is 10.3. The molecule has 0 unspecified atom stereocenters. The summed E-state index contributed by atoms with van der Waals surface area (Å²) in [7, 11) is -1.62. The molecule has 0 saturated carbocycles. The quantitative estimate of drug-likeness (QED) is 0.266. The fourth-order valence-electron chi connectivity index (χ4n) is 1.45. The molecule has 0 amide bonds. The zero-order valence-electron chi connectivity index (χ0n) is 14.4. The number of halogens is 1. The molecular weight excluding hydrogens is 328 g/mol. The van der Waals surface area contributed by atoms with Crippen LogP contribution in [-0.2, 0) is 4.43 Å². The molecule has 0 saturated heterocycles. The molecule has 0 aromatic heterocycles. The Hall–Kier alpha value is 0.137. The van der Waals surface area contributed by atoms with Crippen LogP contribution < -0.4 is 0 Å². The summed E-state index contributed by atoms with van der Waals surface area (Å²) < 4.78 is 7.42. The Bertz CT molecular complexity index is 326. The van der Waals surface area contributed by atoms with Crippen molar-refractivity contribution in [1.82, 2.24) is 0 Å². The van der Waals surface area contributed by atoms with Gasteiger partial charge in [-0.1, -0.05) is 81.6 Å². The fourth-order valence-corrected chi connectivity index (χ4v) is 3.20. The van der Waals surface area contributed by atoms with E-state index >= 15 is 0 Å². The van der Waals surface area contributed by atoms with E-state index in [2.05, 4.69) is 81.9 Å². The van der Waals surface area contributed by atoms with Gasteiger partial charge >= 0.3 is 0 Å². The van der Waals surface area contributed by atoms with Gasteiger partial charge in [-0.25, -0.2) is 0 Å². The van der Waals surface area contributed by atoms with Gasteiger partial charge in [-0.05, 0) is 30.5 Å². The van der Waals surface area contributed by atoms with Gasteiger partial charge in [-0.2, -0.15) is 0 Å². The molecule has 0 bridgehead atoms. The molecule has 0 heterocycles. The molecule has 0 aliphatic carbocycles. The maximum atomic E-state index is 6.25. The third-order valence-corrected chi connectivity index (χ3v) is 8.99. The summed E-state index contributed by atoms with van der Waals surface area (Å²) in [4.78, 5) is 0. The van der Waals surface area contributed by atoms with E-state index in [4.69, 9.17) is 4.43 Å². The van der Waals surface area contributed by atoms with Gasteiger partial charge in [0, 0.05) is 11.1 Å². The Morgan fingerprint density at radius 1 is 1.30 bits per heavy atom. The summed E-state index contributed by atoms with van der Waals surface area (Å²) in [6, 6.07) is 0. The highest BCUT2D eigenvalue weighted by molar-refractivity contribution is 9.11. The van der Waals surface area contributed by atoms with E-state index in [1.807, 2.05) is 0 Å². The van der Waals surface area contributed by atoms with E-state index < -0.39 is 8.32 Å². The van der Waals surface area contributed by atoms with Crippen LogP contribution in [-0.4, -0.2) is 14.9 Å². The molecule has 0 aliphatic rings. The minimum atomic E-state index is -1.62. The average Bonchev–Trinajstić information content (AvgIpc) is 2.31. The number of unbranched alkanes of at least 4 members (excludes halogenated alkanes) is 2. The molecule has 1 nitrogen and oxygen atoms in total. The highest BCUT2D eigenvalue weighted by Crippen LogP contribution is 2.36. The zero-order valence-corrected chi connectivity index (χ0v) is 17.0. The molecule has 0 radical (unpaired) electrons. The van der Waals surface area contributed by atoms with Crippen LogP contribution in [0.25, 0.3) is 0 Å². The lowest BCUT2D eigenvalue weighted by atomic mass is 10.2. The molecule has 0 fully saturated rings. The Labute approximate surface area is 136 Å². The first-order valence-corrected chi connectivity index (χ1v) is 11.5. The van der Waals surface area contributed by atoms with Crippen molar-refractivity contribution in [1.29, 1.82) is 0 Å². The van der Waals surface area contributed by atoms with E-state index in [-0.39, 0.29) is 5.04 Å². The molecule has 0 spiro atoms. The number of hydrogen-bond donors (Lipinski definition) is 0. The predicted octanol–water partition coefficient (Wildman–Crippen LogP) is 6.67. The van der Waals surface area contributed by atoms with Crippen LogP contribution in [0.15, 0.2) is 22.7 Å². The first-order chi connectivity index (χ1) is 9.10. The van der Waals surface area contributed by atoms with Crippen molar-refractivity contribution < 1.29 is 4.43 Å². The van der Waals surface area contributed by atoms with E-state index in [1.165, 1.54) is 17.3 Å². The third-order valence-electron chi connectivity index (χ3n) is 3.96. The van der Waals surface area contributed by atoms with Crippen molar-refractivity contribution >= 4 is 24.2 Å². The summed E-state index contributed by atoms with van der Waals surface area (Å²) in [5.74, 6) is 0.439. The lowest BCUT2D eigenvalue weighted by Gasteiger charge is -2.36. The normalized spacial score (nSPS) is 15.9. The highest BCUT2D eigenvalue weighted by atomic mass is 79.9. The smallest absolute Gasteiger partial charge is 0.192 e. The average molecular weight is 361 g/mol. The number of allylic oxidation sites excluding steroid dienone is 3. The summed E-state index contributed by atoms with van der Waals surface area (Å²) >= 11 is 3.62. The topological polar surface area (TPSA) is 9.23 Å². The maximum Gasteiger partial charge on any atom is 0.192 e. The molecule has 0 aromatic rings. The second-order valence-corrected chi connectivity index (χ2v) is 12.9. The standard InChI is InChI=1S/C17H33BrOSi/c1-8-9-10-11-12-16(18)13-15(2)14-19-20(6,7)17(3,4)5/h11-13,15H,8-10,14H2,1-7H3/b12-11-,16-13-/t15-/m1/s1. The third kappa shape index (κ3) is 8.43. The molecule has 20 heavy (non-hydrogen) atoms. The van der Waals surface area contributed by atoms with Crippen LogP contribution in [0.3, 0.4) is 0 Å². The lowest BCUT2D eigenvalue weighted by Crippen LogP contribution is -2.41. The van der Waals surface area contributed by atoms with Crippen LogP contribution >= 0.6 is 15.9 Å². The van der Waals surface area contributed by atoms with E-state index in [0.29, 0.717) is 5.92 Å². The fraction of sp³-hybridized carbons (Fsp3) is 0.765. The van der Waals surface area contributed by atoms with E-state index in [0.717, 1.165) is 13.0 Å². The van der Waals surface area contributed by atoms with Gasteiger partial charge in [-0.3, -0.25) is 0 Å².